The molecule has 0 unspecified atom stereocenters. The monoisotopic (exact) mass is 247 g/mol. The lowest BCUT2D eigenvalue weighted by molar-refractivity contribution is -0.105. The number of benzene rings is 1. The Balaban J connectivity index is 2.39. The van der Waals surface area contributed by atoms with Crippen LogP contribution in [-0.2, 0) is 11.2 Å². The molecule has 0 saturated heterocycles. The lowest BCUT2D eigenvalue weighted by Crippen LogP contribution is -1.97. The van der Waals surface area contributed by atoms with Gasteiger partial charge >= 0.3 is 0 Å². The SMILES string of the molecule is CCc1nnc(-c2ccc(OC)c(NC=O)c2)o1. The van der Waals surface area contributed by atoms with Gasteiger partial charge in [-0.15, -0.1) is 10.2 Å². The molecule has 18 heavy (non-hydrogen) atoms. The first-order valence-corrected chi connectivity index (χ1v) is 5.49. The molecule has 0 bridgehead atoms. The Labute approximate surface area is 104 Å². The summed E-state index contributed by atoms with van der Waals surface area (Å²) in [5.74, 6) is 1.57. The summed E-state index contributed by atoms with van der Waals surface area (Å²) in [5, 5.41) is 10.4. The van der Waals surface area contributed by atoms with Crippen LogP contribution in [0, 0.1) is 0 Å². The second kappa shape index (κ2) is 5.31. The molecule has 1 aromatic carbocycles. The van der Waals surface area contributed by atoms with Gasteiger partial charge in [0, 0.05) is 12.0 Å². The van der Waals surface area contributed by atoms with Crippen LogP contribution in [0.15, 0.2) is 22.6 Å². The van der Waals surface area contributed by atoms with Crippen molar-refractivity contribution in [2.24, 2.45) is 0 Å². The zero-order valence-corrected chi connectivity index (χ0v) is 10.1. The van der Waals surface area contributed by atoms with Crippen molar-refractivity contribution in [3.05, 3.63) is 24.1 Å². The Hall–Kier alpha value is -2.37. The molecule has 2 rings (SSSR count). The topological polar surface area (TPSA) is 77.3 Å². The zero-order valence-electron chi connectivity index (χ0n) is 10.1. The second-order valence-electron chi connectivity index (χ2n) is 3.53. The van der Waals surface area contributed by atoms with Crippen LogP contribution in [0.4, 0.5) is 5.69 Å². The molecule has 2 aromatic rings. The van der Waals surface area contributed by atoms with E-state index in [1.165, 1.54) is 7.11 Å². The van der Waals surface area contributed by atoms with Crippen molar-refractivity contribution in [2.75, 3.05) is 12.4 Å². The van der Waals surface area contributed by atoms with Crippen molar-refractivity contribution < 1.29 is 13.9 Å². The van der Waals surface area contributed by atoms with Crippen LogP contribution in [0.2, 0.25) is 0 Å². The van der Waals surface area contributed by atoms with Crippen LogP contribution in [0.3, 0.4) is 0 Å². The summed E-state index contributed by atoms with van der Waals surface area (Å²) in [5.41, 5.74) is 1.29. The summed E-state index contributed by atoms with van der Waals surface area (Å²) in [6.07, 6.45) is 1.27. The van der Waals surface area contributed by atoms with E-state index in [1.807, 2.05) is 6.92 Å². The molecule has 94 valence electrons. The van der Waals surface area contributed by atoms with E-state index in [1.54, 1.807) is 18.2 Å². The largest absolute Gasteiger partial charge is 0.495 e. The van der Waals surface area contributed by atoms with Crippen molar-refractivity contribution in [1.82, 2.24) is 10.2 Å². The molecule has 0 aliphatic rings. The van der Waals surface area contributed by atoms with Crippen molar-refractivity contribution in [2.45, 2.75) is 13.3 Å². The van der Waals surface area contributed by atoms with Gasteiger partial charge in [0.05, 0.1) is 12.8 Å². The Kier molecular flexibility index (Phi) is 3.57. The lowest BCUT2D eigenvalue weighted by Gasteiger charge is -2.07. The molecule has 1 N–H and O–H groups in total. The molecule has 1 aromatic heterocycles. The van der Waals surface area contributed by atoms with Gasteiger partial charge in [0.2, 0.25) is 18.2 Å². The number of hydrogen-bond acceptors (Lipinski definition) is 5. The first-order chi connectivity index (χ1) is 8.78. The van der Waals surface area contributed by atoms with E-state index in [-0.39, 0.29) is 0 Å². The maximum absolute atomic E-state index is 10.5. The Morgan fingerprint density at radius 1 is 1.44 bits per heavy atom. The molecule has 1 amide bonds. The summed E-state index contributed by atoms with van der Waals surface area (Å²) >= 11 is 0. The third kappa shape index (κ3) is 2.32. The molecule has 6 nitrogen and oxygen atoms in total. The fourth-order valence-electron chi connectivity index (χ4n) is 1.53. The van der Waals surface area contributed by atoms with Gasteiger partial charge in [-0.1, -0.05) is 6.92 Å². The fraction of sp³-hybridized carbons (Fsp3) is 0.250. The average molecular weight is 247 g/mol. The van der Waals surface area contributed by atoms with Crippen LogP contribution in [0.5, 0.6) is 5.75 Å². The van der Waals surface area contributed by atoms with Crippen LogP contribution < -0.4 is 10.1 Å². The zero-order chi connectivity index (χ0) is 13.0. The summed E-state index contributed by atoms with van der Waals surface area (Å²) in [6.45, 7) is 1.94. The highest BCUT2D eigenvalue weighted by Crippen LogP contribution is 2.29. The normalized spacial score (nSPS) is 10.1. The minimum Gasteiger partial charge on any atom is -0.495 e. The Morgan fingerprint density at radius 2 is 2.28 bits per heavy atom. The van der Waals surface area contributed by atoms with Gasteiger partial charge in [0.1, 0.15) is 5.75 Å². The quantitative estimate of drug-likeness (QED) is 0.816. The van der Waals surface area contributed by atoms with Crippen molar-refractivity contribution in [3.8, 4) is 17.2 Å². The van der Waals surface area contributed by atoms with Gasteiger partial charge in [-0.05, 0) is 18.2 Å². The van der Waals surface area contributed by atoms with Gasteiger partial charge in [-0.3, -0.25) is 4.79 Å². The number of ether oxygens (including phenoxy) is 1. The smallest absolute Gasteiger partial charge is 0.247 e. The summed E-state index contributed by atoms with van der Waals surface area (Å²) < 4.78 is 10.6. The maximum atomic E-state index is 10.5. The van der Waals surface area contributed by atoms with Crippen LogP contribution in [0.25, 0.3) is 11.5 Å². The summed E-state index contributed by atoms with van der Waals surface area (Å²) in [6, 6.07) is 5.25. The molecule has 0 spiro atoms. The number of aromatic nitrogens is 2. The number of methoxy groups -OCH3 is 1. The first kappa shape index (κ1) is 12.1. The van der Waals surface area contributed by atoms with E-state index in [9.17, 15) is 4.79 Å². The van der Waals surface area contributed by atoms with Crippen LogP contribution >= 0.6 is 0 Å². The lowest BCUT2D eigenvalue weighted by atomic mass is 10.2. The molecule has 0 atom stereocenters. The minimum atomic E-state index is 0.420. The number of amides is 1. The van der Waals surface area contributed by atoms with Gasteiger partial charge < -0.3 is 14.5 Å². The average Bonchev–Trinajstić information content (AvgIpc) is 2.88. The molecule has 0 saturated carbocycles. The van der Waals surface area contributed by atoms with Gasteiger partial charge in [0.15, 0.2) is 0 Å². The predicted octanol–water partition coefficient (Wildman–Crippen LogP) is 1.88. The molecule has 6 heteroatoms. The highest BCUT2D eigenvalue weighted by atomic mass is 16.5. The third-order valence-electron chi connectivity index (χ3n) is 2.43. The van der Waals surface area contributed by atoms with E-state index in [0.29, 0.717) is 36.0 Å². The van der Waals surface area contributed by atoms with Crippen LogP contribution in [0.1, 0.15) is 12.8 Å². The first-order valence-electron chi connectivity index (χ1n) is 5.49. The Morgan fingerprint density at radius 3 is 2.89 bits per heavy atom. The highest BCUT2D eigenvalue weighted by Gasteiger charge is 2.10. The number of rotatable bonds is 5. The molecule has 0 radical (unpaired) electrons. The van der Waals surface area contributed by atoms with Gasteiger partial charge in [-0.25, -0.2) is 0 Å². The molecule has 0 fully saturated rings. The van der Waals surface area contributed by atoms with Gasteiger partial charge in [0.25, 0.3) is 0 Å². The van der Waals surface area contributed by atoms with E-state index >= 15 is 0 Å². The molecule has 1 heterocycles. The summed E-state index contributed by atoms with van der Waals surface area (Å²) in [4.78, 5) is 10.5. The number of carbonyl (C=O) groups excluding carboxylic acids is 1. The van der Waals surface area contributed by atoms with E-state index in [0.717, 1.165) is 5.56 Å². The second-order valence-corrected chi connectivity index (χ2v) is 3.53. The maximum Gasteiger partial charge on any atom is 0.247 e. The van der Waals surface area contributed by atoms with Crippen molar-refractivity contribution in [3.63, 3.8) is 0 Å². The van der Waals surface area contributed by atoms with Gasteiger partial charge in [-0.2, -0.15) is 0 Å². The fourth-order valence-corrected chi connectivity index (χ4v) is 1.53. The van der Waals surface area contributed by atoms with Crippen molar-refractivity contribution in [1.29, 1.82) is 0 Å². The van der Waals surface area contributed by atoms with E-state index in [2.05, 4.69) is 15.5 Å². The number of carbonyl (C=O) groups is 1. The standard InChI is InChI=1S/C12H13N3O3/c1-3-11-14-15-12(18-11)8-4-5-10(17-2)9(6-8)13-7-16/h4-7H,3H2,1-2H3,(H,13,16). The molecule has 0 aliphatic carbocycles. The van der Waals surface area contributed by atoms with E-state index < -0.39 is 0 Å². The highest BCUT2D eigenvalue weighted by molar-refractivity contribution is 5.78. The number of aryl methyl sites for hydroxylation is 1. The number of anilines is 1. The Bertz CT molecular complexity index is 551. The molecular formula is C12H13N3O3. The summed E-state index contributed by atoms with van der Waals surface area (Å²) in [7, 11) is 1.53. The molecule has 0 aliphatic heterocycles. The number of nitrogens with one attached hydrogen (secondary N) is 1. The van der Waals surface area contributed by atoms with Crippen molar-refractivity contribution >= 4 is 12.1 Å². The van der Waals surface area contributed by atoms with E-state index in [4.69, 9.17) is 9.15 Å². The minimum absolute atomic E-state index is 0.420. The van der Waals surface area contributed by atoms with Crippen LogP contribution in [-0.4, -0.2) is 23.7 Å². The molecular weight excluding hydrogens is 234 g/mol. The number of hydrogen-bond donors (Lipinski definition) is 1. The predicted molar refractivity (Wildman–Crippen MR) is 65.4 cm³/mol. The third-order valence-corrected chi connectivity index (χ3v) is 2.43. The number of nitrogens with zero attached hydrogens (tertiary/aromatic N) is 2.